The van der Waals surface area contributed by atoms with Gasteiger partial charge in [-0.3, -0.25) is 4.79 Å². The van der Waals surface area contributed by atoms with Gasteiger partial charge in [0.2, 0.25) is 0 Å². The van der Waals surface area contributed by atoms with Gasteiger partial charge in [0.05, 0.1) is 0 Å². The van der Waals surface area contributed by atoms with E-state index in [1.807, 2.05) is 6.92 Å². The number of urea groups is 1. The molecule has 1 aliphatic heterocycles. The fourth-order valence-corrected chi connectivity index (χ4v) is 2.09. The van der Waals surface area contributed by atoms with Gasteiger partial charge in [-0.2, -0.15) is 0 Å². The third-order valence-corrected chi connectivity index (χ3v) is 3.48. The summed E-state index contributed by atoms with van der Waals surface area (Å²) in [6, 6.07) is -0.213. The Hall–Kier alpha value is -1.30. The molecule has 0 saturated carbocycles. The lowest BCUT2D eigenvalue weighted by Crippen LogP contribution is -2.41. The van der Waals surface area contributed by atoms with Crippen molar-refractivity contribution in [2.75, 3.05) is 26.3 Å². The van der Waals surface area contributed by atoms with E-state index in [2.05, 4.69) is 10.6 Å². The van der Waals surface area contributed by atoms with Crippen LogP contribution in [0, 0.1) is 11.8 Å². The predicted molar refractivity (Wildman–Crippen MR) is 71.0 cm³/mol. The Morgan fingerprint density at radius 1 is 1.32 bits per heavy atom. The van der Waals surface area contributed by atoms with Gasteiger partial charge in [-0.15, -0.1) is 0 Å². The van der Waals surface area contributed by atoms with E-state index < -0.39 is 5.97 Å². The molecule has 1 fully saturated rings. The highest BCUT2D eigenvalue weighted by molar-refractivity contribution is 5.74. The molecular weight excluding hydrogens is 248 g/mol. The lowest BCUT2D eigenvalue weighted by atomic mass is 10.0. The Kier molecular flexibility index (Phi) is 7.25. The molecule has 0 aromatic rings. The van der Waals surface area contributed by atoms with Crippen molar-refractivity contribution in [1.82, 2.24) is 10.6 Å². The first-order chi connectivity index (χ1) is 9.11. The van der Waals surface area contributed by atoms with Crippen LogP contribution in [0.25, 0.3) is 0 Å². The Bertz CT molecular complexity index is 290. The first kappa shape index (κ1) is 15.8. The monoisotopic (exact) mass is 272 g/mol. The Balaban J connectivity index is 2.13. The van der Waals surface area contributed by atoms with E-state index in [-0.39, 0.29) is 18.4 Å². The number of carbonyl (C=O) groups is 2. The fraction of sp³-hybridized carbons (Fsp3) is 0.846. The van der Waals surface area contributed by atoms with Gasteiger partial charge in [-0.25, -0.2) is 4.79 Å². The summed E-state index contributed by atoms with van der Waals surface area (Å²) in [5.74, 6) is -0.344. The zero-order valence-corrected chi connectivity index (χ0v) is 11.5. The van der Waals surface area contributed by atoms with Crippen LogP contribution in [0.15, 0.2) is 0 Å². The first-order valence-electron chi connectivity index (χ1n) is 6.93. The van der Waals surface area contributed by atoms with E-state index >= 15 is 0 Å². The molecule has 3 N–H and O–H groups in total. The van der Waals surface area contributed by atoms with Gasteiger partial charge in [0.1, 0.15) is 0 Å². The van der Waals surface area contributed by atoms with Gasteiger partial charge in [0, 0.05) is 32.7 Å². The molecule has 0 radical (unpaired) electrons. The fourth-order valence-electron chi connectivity index (χ4n) is 2.09. The second-order valence-corrected chi connectivity index (χ2v) is 5.02. The highest BCUT2D eigenvalue weighted by Crippen LogP contribution is 2.13. The average Bonchev–Trinajstić information content (AvgIpc) is 2.42. The zero-order valence-electron chi connectivity index (χ0n) is 11.5. The topological polar surface area (TPSA) is 87.7 Å². The van der Waals surface area contributed by atoms with Crippen LogP contribution in [0.4, 0.5) is 4.79 Å². The van der Waals surface area contributed by atoms with Gasteiger partial charge in [-0.05, 0) is 24.7 Å². The summed E-state index contributed by atoms with van der Waals surface area (Å²) >= 11 is 0. The molecule has 19 heavy (non-hydrogen) atoms. The van der Waals surface area contributed by atoms with Crippen LogP contribution in [0.1, 0.15) is 32.6 Å². The molecule has 1 saturated heterocycles. The van der Waals surface area contributed by atoms with E-state index in [0.717, 1.165) is 32.5 Å². The van der Waals surface area contributed by atoms with Crippen molar-refractivity contribution < 1.29 is 19.4 Å². The molecule has 1 rings (SSSR count). The Morgan fingerprint density at radius 2 is 2.00 bits per heavy atom. The van der Waals surface area contributed by atoms with Gasteiger partial charge < -0.3 is 20.5 Å². The molecule has 0 aliphatic carbocycles. The number of aliphatic carboxylic acids is 1. The molecule has 0 bridgehead atoms. The largest absolute Gasteiger partial charge is 0.481 e. The summed E-state index contributed by atoms with van der Waals surface area (Å²) in [6.07, 6.45) is 2.80. The zero-order chi connectivity index (χ0) is 14.1. The summed E-state index contributed by atoms with van der Waals surface area (Å²) in [6.45, 7) is 4.53. The summed E-state index contributed by atoms with van der Waals surface area (Å²) in [4.78, 5) is 22.2. The number of carbonyl (C=O) groups excluding carboxylic acids is 1. The van der Waals surface area contributed by atoms with E-state index in [1.165, 1.54) is 0 Å². The van der Waals surface area contributed by atoms with Crippen LogP contribution in [-0.4, -0.2) is 43.4 Å². The van der Waals surface area contributed by atoms with E-state index in [1.54, 1.807) is 0 Å². The molecule has 1 atom stereocenters. The number of nitrogens with one attached hydrogen (secondary N) is 2. The third kappa shape index (κ3) is 7.00. The molecule has 1 unspecified atom stereocenters. The van der Waals surface area contributed by atoms with Crippen molar-refractivity contribution in [3.8, 4) is 0 Å². The number of amides is 2. The van der Waals surface area contributed by atoms with Crippen molar-refractivity contribution in [3.05, 3.63) is 0 Å². The molecule has 0 aromatic carbocycles. The molecule has 0 aromatic heterocycles. The van der Waals surface area contributed by atoms with Crippen molar-refractivity contribution >= 4 is 12.0 Å². The number of rotatable bonds is 7. The van der Waals surface area contributed by atoms with Crippen molar-refractivity contribution in [2.24, 2.45) is 11.8 Å². The first-order valence-corrected chi connectivity index (χ1v) is 6.93. The Labute approximate surface area is 113 Å². The third-order valence-electron chi connectivity index (χ3n) is 3.48. The highest BCUT2D eigenvalue weighted by Gasteiger charge is 2.15. The molecule has 2 amide bonds. The van der Waals surface area contributed by atoms with Crippen LogP contribution in [-0.2, 0) is 9.53 Å². The van der Waals surface area contributed by atoms with Crippen LogP contribution < -0.4 is 10.6 Å². The van der Waals surface area contributed by atoms with Crippen molar-refractivity contribution in [3.63, 3.8) is 0 Å². The normalized spacial score (nSPS) is 17.7. The summed E-state index contributed by atoms with van der Waals surface area (Å²) in [5.41, 5.74) is 0. The standard InChI is InChI=1S/C13H24N2O4/c1-2-10(7-12(16)17)8-14-13(18)15-9-11-3-5-19-6-4-11/h10-11H,2-9H2,1H3,(H,16,17)(H2,14,15,18). The van der Waals surface area contributed by atoms with Crippen LogP contribution in [0.3, 0.4) is 0 Å². The average molecular weight is 272 g/mol. The van der Waals surface area contributed by atoms with E-state index in [9.17, 15) is 9.59 Å². The molecule has 1 heterocycles. The highest BCUT2D eigenvalue weighted by atomic mass is 16.5. The predicted octanol–water partition coefficient (Wildman–Crippen LogP) is 1.21. The number of carboxylic acid groups (broad SMARTS) is 1. The van der Waals surface area contributed by atoms with E-state index in [4.69, 9.17) is 9.84 Å². The lowest BCUT2D eigenvalue weighted by Gasteiger charge is -2.22. The lowest BCUT2D eigenvalue weighted by molar-refractivity contribution is -0.138. The molecular formula is C13H24N2O4. The van der Waals surface area contributed by atoms with Gasteiger partial charge in [0.15, 0.2) is 0 Å². The van der Waals surface area contributed by atoms with E-state index in [0.29, 0.717) is 19.0 Å². The number of carboxylic acids is 1. The maximum atomic E-state index is 11.6. The molecule has 6 nitrogen and oxygen atoms in total. The number of hydrogen-bond acceptors (Lipinski definition) is 3. The molecule has 110 valence electrons. The quantitative estimate of drug-likeness (QED) is 0.650. The van der Waals surface area contributed by atoms with Crippen LogP contribution in [0.2, 0.25) is 0 Å². The number of ether oxygens (including phenoxy) is 1. The second-order valence-electron chi connectivity index (χ2n) is 5.02. The van der Waals surface area contributed by atoms with Crippen molar-refractivity contribution in [2.45, 2.75) is 32.6 Å². The summed E-state index contributed by atoms with van der Waals surface area (Å²) < 4.78 is 5.25. The SMILES string of the molecule is CCC(CNC(=O)NCC1CCOCC1)CC(=O)O. The smallest absolute Gasteiger partial charge is 0.314 e. The minimum Gasteiger partial charge on any atom is -0.481 e. The van der Waals surface area contributed by atoms with Crippen molar-refractivity contribution in [1.29, 1.82) is 0 Å². The van der Waals surface area contributed by atoms with Gasteiger partial charge in [-0.1, -0.05) is 13.3 Å². The summed E-state index contributed by atoms with van der Waals surface area (Å²) in [5, 5.41) is 14.3. The second kappa shape index (κ2) is 8.74. The maximum absolute atomic E-state index is 11.6. The van der Waals surface area contributed by atoms with Crippen LogP contribution in [0.5, 0.6) is 0 Å². The summed E-state index contributed by atoms with van der Waals surface area (Å²) in [7, 11) is 0. The van der Waals surface area contributed by atoms with Crippen LogP contribution >= 0.6 is 0 Å². The molecule has 1 aliphatic rings. The number of hydrogen-bond donors (Lipinski definition) is 3. The molecule has 6 heteroatoms. The van der Waals surface area contributed by atoms with Gasteiger partial charge in [0.25, 0.3) is 0 Å². The Morgan fingerprint density at radius 3 is 2.58 bits per heavy atom. The van der Waals surface area contributed by atoms with Gasteiger partial charge >= 0.3 is 12.0 Å². The minimum absolute atomic E-state index is 0.00803. The maximum Gasteiger partial charge on any atom is 0.314 e. The molecule has 0 spiro atoms. The minimum atomic E-state index is -0.823.